The normalized spacial score (nSPS) is 23.0. The molecule has 0 radical (unpaired) electrons. The van der Waals surface area contributed by atoms with Gasteiger partial charge >= 0.3 is 0 Å². The quantitative estimate of drug-likeness (QED) is 0.859. The van der Waals surface area contributed by atoms with E-state index in [0.717, 1.165) is 57.7 Å². The Balaban J connectivity index is 1.11. The van der Waals surface area contributed by atoms with Crippen LogP contribution in [0.15, 0.2) is 35.7 Å². The Labute approximate surface area is 164 Å². The number of fused-ring (bicyclic) bond motifs is 1. The fourth-order valence-electron chi connectivity index (χ4n) is 4.73. The lowest BCUT2D eigenvalue weighted by atomic mass is 9.90. The van der Waals surface area contributed by atoms with E-state index in [0.29, 0.717) is 6.54 Å². The van der Waals surface area contributed by atoms with Crippen molar-refractivity contribution in [3.8, 4) is 5.75 Å². The second-order valence-electron chi connectivity index (χ2n) is 8.23. The number of nitrogens with zero attached hydrogens (tertiary/aromatic N) is 1. The molecule has 1 amide bonds. The van der Waals surface area contributed by atoms with Crippen LogP contribution in [0, 0.1) is 11.3 Å². The lowest BCUT2D eigenvalue weighted by Crippen LogP contribution is -2.36. The molecule has 5 rings (SSSR count). The highest BCUT2D eigenvalue weighted by Gasteiger charge is 2.58. The van der Waals surface area contributed by atoms with Crippen molar-refractivity contribution in [1.82, 2.24) is 10.2 Å². The van der Waals surface area contributed by atoms with Crippen LogP contribution in [-0.2, 0) is 24.3 Å². The molecule has 1 aromatic carbocycles. The number of piperidine rings is 1. The zero-order chi connectivity index (χ0) is 18.3. The largest absolute Gasteiger partial charge is 0.493 e. The van der Waals surface area contributed by atoms with Gasteiger partial charge in [-0.1, -0.05) is 18.2 Å². The number of amides is 1. The van der Waals surface area contributed by atoms with Crippen LogP contribution in [0.3, 0.4) is 0 Å². The summed E-state index contributed by atoms with van der Waals surface area (Å²) in [6, 6.07) is 10.8. The summed E-state index contributed by atoms with van der Waals surface area (Å²) in [7, 11) is 0. The minimum Gasteiger partial charge on any atom is -0.493 e. The van der Waals surface area contributed by atoms with Crippen LogP contribution in [0.4, 0.5) is 0 Å². The fraction of sp³-hybridized carbons (Fsp3) is 0.500. The number of hydrogen-bond donors (Lipinski definition) is 1. The van der Waals surface area contributed by atoms with Crippen LogP contribution >= 0.6 is 11.3 Å². The molecule has 3 aliphatic rings. The molecule has 142 valence electrons. The molecule has 1 aliphatic carbocycles. The third-order valence-electron chi connectivity index (χ3n) is 6.54. The SMILES string of the molecule is O=C(NCc1cccs1)C1CC12CCN(Cc1ccc3c(c1)CCO3)CC2. The molecule has 5 heteroatoms. The number of carbonyl (C=O) groups is 1. The van der Waals surface area contributed by atoms with Crippen molar-refractivity contribution in [2.75, 3.05) is 19.7 Å². The monoisotopic (exact) mass is 382 g/mol. The van der Waals surface area contributed by atoms with Gasteiger partial charge in [0.15, 0.2) is 0 Å². The van der Waals surface area contributed by atoms with E-state index in [9.17, 15) is 4.79 Å². The van der Waals surface area contributed by atoms with Gasteiger partial charge in [-0.15, -0.1) is 11.3 Å². The lowest BCUT2D eigenvalue weighted by Gasteiger charge is -2.33. The Morgan fingerprint density at radius 2 is 2.19 bits per heavy atom. The minimum atomic E-state index is 0.233. The van der Waals surface area contributed by atoms with Gasteiger partial charge in [0.1, 0.15) is 5.75 Å². The van der Waals surface area contributed by atoms with Crippen molar-refractivity contribution in [3.05, 3.63) is 51.7 Å². The fourth-order valence-corrected chi connectivity index (χ4v) is 5.38. The third kappa shape index (κ3) is 3.50. The van der Waals surface area contributed by atoms with Gasteiger partial charge in [0.05, 0.1) is 13.2 Å². The number of rotatable bonds is 5. The maximum Gasteiger partial charge on any atom is 0.223 e. The number of nitrogens with one attached hydrogen (secondary N) is 1. The first-order chi connectivity index (χ1) is 13.2. The smallest absolute Gasteiger partial charge is 0.223 e. The van der Waals surface area contributed by atoms with Crippen LogP contribution < -0.4 is 10.1 Å². The molecule has 1 spiro atoms. The van der Waals surface area contributed by atoms with E-state index >= 15 is 0 Å². The van der Waals surface area contributed by atoms with Crippen LogP contribution in [-0.4, -0.2) is 30.5 Å². The first-order valence-electron chi connectivity index (χ1n) is 9.99. The summed E-state index contributed by atoms with van der Waals surface area (Å²) < 4.78 is 5.61. The Bertz CT molecular complexity index is 825. The Hall–Kier alpha value is -1.85. The zero-order valence-corrected chi connectivity index (χ0v) is 16.4. The molecule has 1 aromatic heterocycles. The van der Waals surface area contributed by atoms with E-state index in [1.807, 2.05) is 6.07 Å². The topological polar surface area (TPSA) is 41.6 Å². The predicted octanol–water partition coefficient (Wildman–Crippen LogP) is 3.60. The van der Waals surface area contributed by atoms with E-state index < -0.39 is 0 Å². The van der Waals surface area contributed by atoms with E-state index in [1.54, 1.807) is 11.3 Å². The van der Waals surface area contributed by atoms with Gasteiger partial charge in [-0.2, -0.15) is 0 Å². The van der Waals surface area contributed by atoms with Crippen molar-refractivity contribution in [2.45, 2.75) is 38.8 Å². The number of carbonyl (C=O) groups excluding carboxylic acids is 1. The van der Waals surface area contributed by atoms with Crippen LogP contribution in [0.2, 0.25) is 0 Å². The van der Waals surface area contributed by atoms with Gasteiger partial charge in [0.25, 0.3) is 0 Å². The van der Waals surface area contributed by atoms with Gasteiger partial charge in [-0.05, 0) is 66.4 Å². The summed E-state index contributed by atoms with van der Waals surface area (Å²) >= 11 is 1.70. The summed E-state index contributed by atoms with van der Waals surface area (Å²) in [5.74, 6) is 1.55. The second-order valence-corrected chi connectivity index (χ2v) is 9.27. The Morgan fingerprint density at radius 1 is 1.30 bits per heavy atom. The molecule has 4 nitrogen and oxygen atoms in total. The molecule has 2 aliphatic heterocycles. The average Bonchev–Trinajstić information content (AvgIpc) is 3.07. The molecule has 2 fully saturated rings. The van der Waals surface area contributed by atoms with Gasteiger partial charge in [0, 0.05) is 23.8 Å². The van der Waals surface area contributed by atoms with E-state index in [4.69, 9.17) is 4.74 Å². The summed E-state index contributed by atoms with van der Waals surface area (Å²) in [4.78, 5) is 16.3. The summed E-state index contributed by atoms with van der Waals surface area (Å²) in [5.41, 5.74) is 3.02. The third-order valence-corrected chi connectivity index (χ3v) is 7.41. The van der Waals surface area contributed by atoms with Crippen LogP contribution in [0.25, 0.3) is 0 Å². The first kappa shape index (κ1) is 17.3. The molecular formula is C22H26N2O2S. The molecule has 1 N–H and O–H groups in total. The molecule has 1 atom stereocenters. The highest BCUT2D eigenvalue weighted by molar-refractivity contribution is 7.09. The molecule has 1 unspecified atom stereocenters. The number of likely N-dealkylation sites (tertiary alicyclic amines) is 1. The first-order valence-corrected chi connectivity index (χ1v) is 10.9. The number of ether oxygens (including phenoxy) is 1. The van der Waals surface area contributed by atoms with E-state index in [1.165, 1.54) is 16.0 Å². The van der Waals surface area contributed by atoms with E-state index in [-0.39, 0.29) is 17.2 Å². The second kappa shape index (κ2) is 6.95. The minimum absolute atomic E-state index is 0.233. The maximum absolute atomic E-state index is 12.5. The molecule has 27 heavy (non-hydrogen) atoms. The Kier molecular flexibility index (Phi) is 4.44. The van der Waals surface area contributed by atoms with Crippen molar-refractivity contribution in [2.24, 2.45) is 11.3 Å². The van der Waals surface area contributed by atoms with Crippen molar-refractivity contribution in [3.63, 3.8) is 0 Å². The van der Waals surface area contributed by atoms with Gasteiger partial charge in [0.2, 0.25) is 5.91 Å². The summed E-state index contributed by atoms with van der Waals surface area (Å²) in [5, 5.41) is 5.20. The highest BCUT2D eigenvalue weighted by Crippen LogP contribution is 2.59. The molecule has 3 heterocycles. The highest BCUT2D eigenvalue weighted by atomic mass is 32.1. The molecule has 1 saturated carbocycles. The number of benzene rings is 1. The standard InChI is InChI=1S/C22H26N2O2S/c25-21(23-14-18-2-1-11-27-18)19-13-22(19)6-8-24(9-7-22)15-16-3-4-20-17(12-16)5-10-26-20/h1-4,11-12,19H,5-10,13-15H2,(H,23,25). The van der Waals surface area contributed by atoms with Crippen molar-refractivity contribution in [1.29, 1.82) is 0 Å². The molecular weight excluding hydrogens is 356 g/mol. The number of hydrogen-bond acceptors (Lipinski definition) is 4. The van der Waals surface area contributed by atoms with Crippen LogP contribution in [0.5, 0.6) is 5.75 Å². The zero-order valence-electron chi connectivity index (χ0n) is 15.6. The summed E-state index contributed by atoms with van der Waals surface area (Å²) in [6.45, 7) is 4.71. The lowest BCUT2D eigenvalue weighted by molar-refractivity contribution is -0.123. The predicted molar refractivity (Wildman–Crippen MR) is 107 cm³/mol. The molecule has 2 aromatic rings. The maximum atomic E-state index is 12.5. The Morgan fingerprint density at radius 3 is 3.00 bits per heavy atom. The van der Waals surface area contributed by atoms with Crippen molar-refractivity contribution < 1.29 is 9.53 Å². The average molecular weight is 383 g/mol. The van der Waals surface area contributed by atoms with Gasteiger partial charge in [-0.3, -0.25) is 9.69 Å². The van der Waals surface area contributed by atoms with Gasteiger partial charge in [-0.25, -0.2) is 0 Å². The van der Waals surface area contributed by atoms with Crippen LogP contribution in [0.1, 0.15) is 35.3 Å². The molecule has 1 saturated heterocycles. The van der Waals surface area contributed by atoms with Gasteiger partial charge < -0.3 is 10.1 Å². The number of thiophene rings is 1. The molecule has 0 bridgehead atoms. The van der Waals surface area contributed by atoms with Crippen molar-refractivity contribution >= 4 is 17.2 Å². The summed E-state index contributed by atoms with van der Waals surface area (Å²) in [6.07, 6.45) is 4.41. The van der Waals surface area contributed by atoms with E-state index in [2.05, 4.69) is 39.9 Å².